The summed E-state index contributed by atoms with van der Waals surface area (Å²) in [5.74, 6) is -1.33. The van der Waals surface area contributed by atoms with Crippen molar-refractivity contribution < 1.29 is 14.7 Å². The Morgan fingerprint density at radius 3 is 2.28 bits per heavy atom. The van der Waals surface area contributed by atoms with Crippen LogP contribution in [-0.4, -0.2) is 50.6 Å². The first-order valence-electron chi connectivity index (χ1n) is 12.7. The minimum absolute atomic E-state index is 0.151. The van der Waals surface area contributed by atoms with Crippen molar-refractivity contribution in [2.24, 2.45) is 5.92 Å². The molecule has 2 aromatic carbocycles. The van der Waals surface area contributed by atoms with Crippen LogP contribution in [0.1, 0.15) is 42.1 Å². The van der Waals surface area contributed by atoms with Gasteiger partial charge in [0.2, 0.25) is 0 Å². The summed E-state index contributed by atoms with van der Waals surface area (Å²) >= 11 is 0. The van der Waals surface area contributed by atoms with Gasteiger partial charge >= 0.3 is 5.97 Å². The second-order valence-corrected chi connectivity index (χ2v) is 9.88. The van der Waals surface area contributed by atoms with Crippen LogP contribution in [0.5, 0.6) is 0 Å². The van der Waals surface area contributed by atoms with Crippen molar-refractivity contribution in [3.05, 3.63) is 70.8 Å². The lowest BCUT2D eigenvalue weighted by Gasteiger charge is -2.28. The molecule has 0 spiro atoms. The molecule has 2 heterocycles. The fourth-order valence-corrected chi connectivity index (χ4v) is 4.97. The molecule has 1 fully saturated rings. The number of hydrogen-bond donors (Lipinski definition) is 3. The second-order valence-electron chi connectivity index (χ2n) is 9.88. The number of nitrogens with zero attached hydrogens (tertiary/aromatic N) is 5. The average molecular weight is 528 g/mol. The minimum Gasteiger partial charge on any atom is -0.481 e. The molecule has 4 aromatic rings. The summed E-state index contributed by atoms with van der Waals surface area (Å²) in [6.45, 7) is 0. The minimum atomic E-state index is -0.814. The SMILES string of the molecule is CN(C)c1ccc(C(=O)Nc2ccc(-c3nc4c(N)ncnc4n(C4CCC(C(=O)O)CC4)c3=O)cc2)cc1. The highest BCUT2D eigenvalue weighted by atomic mass is 16.4. The van der Waals surface area contributed by atoms with Crippen molar-refractivity contribution in [2.45, 2.75) is 31.7 Å². The van der Waals surface area contributed by atoms with Gasteiger partial charge in [-0.25, -0.2) is 15.0 Å². The molecule has 1 aliphatic rings. The summed E-state index contributed by atoms with van der Waals surface area (Å²) in [5.41, 5.74) is 9.24. The molecule has 0 saturated heterocycles. The number of benzene rings is 2. The number of nitrogens with two attached hydrogens (primary N) is 1. The number of nitrogens with one attached hydrogen (secondary N) is 1. The van der Waals surface area contributed by atoms with Crippen LogP contribution in [0.15, 0.2) is 59.7 Å². The van der Waals surface area contributed by atoms with E-state index in [1.165, 1.54) is 6.33 Å². The van der Waals surface area contributed by atoms with E-state index < -0.39 is 11.9 Å². The van der Waals surface area contributed by atoms with Gasteiger partial charge in [0.1, 0.15) is 17.5 Å². The highest BCUT2D eigenvalue weighted by Gasteiger charge is 2.29. The molecule has 11 nitrogen and oxygen atoms in total. The molecule has 1 saturated carbocycles. The van der Waals surface area contributed by atoms with E-state index in [1.54, 1.807) is 41.0 Å². The van der Waals surface area contributed by atoms with Crippen LogP contribution in [0.2, 0.25) is 0 Å². The second kappa shape index (κ2) is 10.5. The third-order valence-corrected chi connectivity index (χ3v) is 7.18. The number of nitrogen functional groups attached to an aromatic ring is 1. The first-order chi connectivity index (χ1) is 18.7. The average Bonchev–Trinajstić information content (AvgIpc) is 2.93. The molecule has 11 heteroatoms. The highest BCUT2D eigenvalue weighted by Crippen LogP contribution is 2.34. The van der Waals surface area contributed by atoms with Crippen LogP contribution in [0.25, 0.3) is 22.4 Å². The number of rotatable bonds is 6. The molecule has 2 aromatic heterocycles. The third kappa shape index (κ3) is 5.15. The first kappa shape index (κ1) is 25.8. The summed E-state index contributed by atoms with van der Waals surface area (Å²) in [7, 11) is 3.86. The van der Waals surface area contributed by atoms with Crippen molar-refractivity contribution in [3.63, 3.8) is 0 Å². The summed E-state index contributed by atoms with van der Waals surface area (Å²) in [5, 5.41) is 12.3. The molecule has 1 amide bonds. The largest absolute Gasteiger partial charge is 0.481 e. The molecule has 39 heavy (non-hydrogen) atoms. The summed E-state index contributed by atoms with van der Waals surface area (Å²) in [4.78, 5) is 52.7. The molecule has 0 atom stereocenters. The van der Waals surface area contributed by atoms with Gasteiger partial charge in [-0.1, -0.05) is 12.1 Å². The van der Waals surface area contributed by atoms with Gasteiger partial charge < -0.3 is 21.1 Å². The van der Waals surface area contributed by atoms with Gasteiger partial charge in [0.15, 0.2) is 11.5 Å². The van der Waals surface area contributed by atoms with Crippen LogP contribution in [0, 0.1) is 5.92 Å². The molecule has 0 unspecified atom stereocenters. The number of aliphatic carboxylic acids is 1. The fourth-order valence-electron chi connectivity index (χ4n) is 4.97. The number of anilines is 3. The third-order valence-electron chi connectivity index (χ3n) is 7.18. The van der Waals surface area contributed by atoms with Gasteiger partial charge in [-0.05, 0) is 62.1 Å². The number of aromatic nitrogens is 4. The topological polar surface area (TPSA) is 156 Å². The normalized spacial score (nSPS) is 17.1. The maximum Gasteiger partial charge on any atom is 0.306 e. The Bertz CT molecular complexity index is 1590. The molecule has 0 radical (unpaired) electrons. The zero-order valence-corrected chi connectivity index (χ0v) is 21.7. The molecule has 4 N–H and O–H groups in total. The van der Waals surface area contributed by atoms with E-state index in [2.05, 4.69) is 20.3 Å². The molecule has 0 bridgehead atoms. The predicted octanol–water partition coefficient (Wildman–Crippen LogP) is 3.57. The van der Waals surface area contributed by atoms with Gasteiger partial charge in [-0.2, -0.15) is 0 Å². The standard InChI is InChI=1S/C28H29N7O4/c1-34(2)20-11-5-17(6-12-20)26(36)32-19-9-3-16(4-10-19)22-27(37)35(21-13-7-18(8-14-21)28(38)39)25-23(33-22)24(29)30-15-31-25/h3-6,9-12,15,18,21H,7-8,13-14H2,1-2H3,(H,32,36)(H,38,39)(H2,29,30,31). The van der Waals surface area contributed by atoms with Gasteiger partial charge in [-0.15, -0.1) is 0 Å². The lowest BCUT2D eigenvalue weighted by atomic mass is 9.86. The predicted molar refractivity (Wildman–Crippen MR) is 149 cm³/mol. The van der Waals surface area contributed by atoms with Gasteiger partial charge in [0.05, 0.1) is 5.92 Å². The number of fused-ring (bicyclic) bond motifs is 1. The fraction of sp³-hybridized carbons (Fsp3) is 0.286. The van der Waals surface area contributed by atoms with E-state index in [4.69, 9.17) is 5.73 Å². The van der Waals surface area contributed by atoms with Crippen molar-refractivity contribution in [3.8, 4) is 11.3 Å². The zero-order valence-electron chi connectivity index (χ0n) is 21.7. The number of carbonyl (C=O) groups excluding carboxylic acids is 1. The van der Waals surface area contributed by atoms with Crippen LogP contribution in [-0.2, 0) is 4.79 Å². The van der Waals surface area contributed by atoms with Gasteiger partial charge in [0, 0.05) is 42.6 Å². The Labute approximate surface area is 224 Å². The van der Waals surface area contributed by atoms with Crippen molar-refractivity contribution in [1.82, 2.24) is 19.5 Å². The molecule has 200 valence electrons. The Hall–Kier alpha value is -4.80. The molecular formula is C28H29N7O4. The number of amides is 1. The maximum absolute atomic E-state index is 13.7. The smallest absolute Gasteiger partial charge is 0.306 e. The number of hydrogen-bond acceptors (Lipinski definition) is 8. The Kier molecular flexibility index (Phi) is 6.97. The molecule has 1 aliphatic carbocycles. The number of carbonyl (C=O) groups is 2. The Morgan fingerprint density at radius 1 is 1.00 bits per heavy atom. The molecule has 0 aliphatic heterocycles. The lowest BCUT2D eigenvalue weighted by Crippen LogP contribution is -2.32. The van der Waals surface area contributed by atoms with Gasteiger partial charge in [0.25, 0.3) is 11.5 Å². The van der Waals surface area contributed by atoms with E-state index in [1.807, 2.05) is 31.1 Å². The highest BCUT2D eigenvalue weighted by molar-refractivity contribution is 6.04. The van der Waals surface area contributed by atoms with E-state index in [0.29, 0.717) is 53.7 Å². The van der Waals surface area contributed by atoms with Crippen LogP contribution >= 0.6 is 0 Å². The van der Waals surface area contributed by atoms with Crippen LogP contribution < -0.4 is 21.5 Å². The first-order valence-corrected chi connectivity index (χ1v) is 12.7. The van der Waals surface area contributed by atoms with Crippen molar-refractivity contribution >= 4 is 40.2 Å². The lowest BCUT2D eigenvalue weighted by molar-refractivity contribution is -0.143. The van der Waals surface area contributed by atoms with Crippen LogP contribution in [0.3, 0.4) is 0 Å². The number of carboxylic acids is 1. The van der Waals surface area contributed by atoms with E-state index in [9.17, 15) is 19.5 Å². The van der Waals surface area contributed by atoms with Crippen molar-refractivity contribution in [1.29, 1.82) is 0 Å². The van der Waals surface area contributed by atoms with Crippen molar-refractivity contribution in [2.75, 3.05) is 30.0 Å². The Morgan fingerprint density at radius 2 is 1.67 bits per heavy atom. The number of carboxylic acid groups (broad SMARTS) is 1. The Balaban J connectivity index is 1.45. The van der Waals surface area contributed by atoms with E-state index in [0.717, 1.165) is 5.69 Å². The van der Waals surface area contributed by atoms with E-state index in [-0.39, 0.29) is 29.0 Å². The monoisotopic (exact) mass is 527 g/mol. The van der Waals surface area contributed by atoms with Gasteiger partial charge in [-0.3, -0.25) is 19.0 Å². The summed E-state index contributed by atoms with van der Waals surface area (Å²) in [6, 6.07) is 13.9. The van der Waals surface area contributed by atoms with E-state index >= 15 is 0 Å². The van der Waals surface area contributed by atoms with Crippen LogP contribution in [0.4, 0.5) is 17.2 Å². The zero-order chi connectivity index (χ0) is 27.7. The summed E-state index contributed by atoms with van der Waals surface area (Å²) in [6.07, 6.45) is 3.29. The quantitative estimate of drug-likeness (QED) is 0.341. The maximum atomic E-state index is 13.7. The summed E-state index contributed by atoms with van der Waals surface area (Å²) < 4.78 is 1.58. The molecular weight excluding hydrogens is 498 g/mol. The molecule has 5 rings (SSSR count).